The average molecular weight is 300 g/mol. The number of fused-ring (bicyclic) bond motifs is 1. The third-order valence-corrected chi connectivity index (χ3v) is 3.88. The summed E-state index contributed by atoms with van der Waals surface area (Å²) >= 11 is 0. The molecule has 1 aromatic carbocycles. The first-order valence-electron chi connectivity index (χ1n) is 7.44. The molecule has 22 heavy (non-hydrogen) atoms. The van der Waals surface area contributed by atoms with E-state index in [0.29, 0.717) is 19.6 Å². The summed E-state index contributed by atoms with van der Waals surface area (Å²) in [5, 5.41) is 2.98. The van der Waals surface area contributed by atoms with Gasteiger partial charge in [0.2, 0.25) is 5.91 Å². The van der Waals surface area contributed by atoms with Crippen LogP contribution < -0.4 is 14.8 Å². The lowest BCUT2D eigenvalue weighted by atomic mass is 9.96. The van der Waals surface area contributed by atoms with E-state index in [9.17, 15) is 4.79 Å². The Morgan fingerprint density at radius 1 is 1.41 bits per heavy atom. The molecule has 0 aliphatic carbocycles. The van der Waals surface area contributed by atoms with Gasteiger partial charge in [-0.1, -0.05) is 0 Å². The van der Waals surface area contributed by atoms with Gasteiger partial charge in [-0.3, -0.25) is 4.79 Å². The molecule has 2 heterocycles. The zero-order valence-corrected chi connectivity index (χ0v) is 12.6. The van der Waals surface area contributed by atoms with E-state index in [-0.39, 0.29) is 11.8 Å². The number of carbonyl (C=O) groups is 1. The van der Waals surface area contributed by atoms with Gasteiger partial charge >= 0.3 is 0 Å². The summed E-state index contributed by atoms with van der Waals surface area (Å²) in [4.78, 5) is 12.3. The summed E-state index contributed by atoms with van der Waals surface area (Å²) in [7, 11) is 1.64. The maximum atomic E-state index is 12.3. The van der Waals surface area contributed by atoms with Crippen molar-refractivity contribution in [1.82, 2.24) is 9.88 Å². The van der Waals surface area contributed by atoms with Crippen molar-refractivity contribution in [1.29, 1.82) is 0 Å². The highest BCUT2D eigenvalue weighted by Crippen LogP contribution is 2.30. The van der Waals surface area contributed by atoms with Crippen molar-refractivity contribution < 1.29 is 14.3 Å². The van der Waals surface area contributed by atoms with Crippen molar-refractivity contribution in [2.24, 2.45) is 5.92 Å². The zero-order valence-electron chi connectivity index (χ0n) is 12.6. The van der Waals surface area contributed by atoms with E-state index in [2.05, 4.69) is 5.32 Å². The Bertz CT molecular complexity index is 637. The molecule has 2 aromatic rings. The molecule has 5 heteroatoms. The van der Waals surface area contributed by atoms with Gasteiger partial charge in [0.05, 0.1) is 13.0 Å². The highest BCUT2D eigenvalue weighted by atomic mass is 16.5. The number of hydrogen-bond donors (Lipinski definition) is 1. The van der Waals surface area contributed by atoms with E-state index in [1.807, 2.05) is 47.3 Å². The average Bonchev–Trinajstić information content (AvgIpc) is 3.07. The predicted octanol–water partition coefficient (Wildman–Crippen LogP) is 1.86. The Morgan fingerprint density at radius 3 is 3.00 bits per heavy atom. The number of benzene rings is 1. The number of methoxy groups -OCH3 is 1. The van der Waals surface area contributed by atoms with E-state index < -0.39 is 0 Å². The molecule has 0 saturated heterocycles. The van der Waals surface area contributed by atoms with Gasteiger partial charge in [-0.25, -0.2) is 0 Å². The highest BCUT2D eigenvalue weighted by Gasteiger charge is 2.26. The van der Waals surface area contributed by atoms with Crippen LogP contribution in [0.2, 0.25) is 0 Å². The lowest BCUT2D eigenvalue weighted by Crippen LogP contribution is -2.38. The molecule has 1 atom stereocenters. The maximum Gasteiger partial charge on any atom is 0.226 e. The first-order valence-corrected chi connectivity index (χ1v) is 7.44. The highest BCUT2D eigenvalue weighted by molar-refractivity contribution is 5.79. The Hall–Kier alpha value is -2.43. The van der Waals surface area contributed by atoms with E-state index >= 15 is 0 Å². The Balaban J connectivity index is 1.55. The van der Waals surface area contributed by atoms with Crippen molar-refractivity contribution in [3.63, 3.8) is 0 Å². The number of carbonyl (C=O) groups excluding carboxylic acids is 1. The normalized spacial score (nSPS) is 16.5. The number of amides is 1. The van der Waals surface area contributed by atoms with E-state index in [0.717, 1.165) is 23.6 Å². The second-order valence-electron chi connectivity index (χ2n) is 5.40. The van der Waals surface area contributed by atoms with Crippen LogP contribution in [0, 0.1) is 5.92 Å². The fraction of sp³-hybridized carbons (Fsp3) is 0.353. The predicted molar refractivity (Wildman–Crippen MR) is 83.1 cm³/mol. The summed E-state index contributed by atoms with van der Waals surface area (Å²) in [6.45, 7) is 1.82. The van der Waals surface area contributed by atoms with E-state index in [1.165, 1.54) is 0 Å². The molecule has 0 spiro atoms. The zero-order chi connectivity index (χ0) is 15.4. The molecule has 0 radical (unpaired) electrons. The van der Waals surface area contributed by atoms with Gasteiger partial charge in [-0.2, -0.15) is 0 Å². The van der Waals surface area contributed by atoms with Crippen molar-refractivity contribution in [3.05, 3.63) is 48.3 Å². The summed E-state index contributed by atoms with van der Waals surface area (Å²) in [6, 6.07) is 9.65. The second-order valence-corrected chi connectivity index (χ2v) is 5.40. The number of nitrogens with zero attached hydrogens (tertiary/aromatic N) is 1. The molecule has 0 bridgehead atoms. The van der Waals surface area contributed by atoms with Crippen LogP contribution in [-0.4, -0.2) is 30.7 Å². The third kappa shape index (κ3) is 3.24. The van der Waals surface area contributed by atoms with Gasteiger partial charge in [0, 0.05) is 25.5 Å². The molecular weight excluding hydrogens is 280 g/mol. The van der Waals surface area contributed by atoms with Crippen LogP contribution >= 0.6 is 0 Å². The number of ether oxygens (including phenoxy) is 2. The molecule has 1 amide bonds. The monoisotopic (exact) mass is 300 g/mol. The van der Waals surface area contributed by atoms with Gasteiger partial charge in [-0.15, -0.1) is 0 Å². The molecule has 0 saturated carbocycles. The van der Waals surface area contributed by atoms with Gasteiger partial charge in [-0.05, 0) is 42.3 Å². The molecule has 0 unspecified atom stereocenters. The first-order chi connectivity index (χ1) is 10.8. The number of aromatic nitrogens is 1. The molecular formula is C17H20N2O3. The van der Waals surface area contributed by atoms with Crippen molar-refractivity contribution in [2.45, 2.75) is 13.0 Å². The van der Waals surface area contributed by atoms with Crippen LogP contribution in [0.4, 0.5) is 0 Å². The molecule has 116 valence electrons. The number of hydrogen-bond acceptors (Lipinski definition) is 3. The quantitative estimate of drug-likeness (QED) is 0.917. The minimum Gasteiger partial charge on any atom is -0.497 e. The summed E-state index contributed by atoms with van der Waals surface area (Å²) in [5.74, 6) is 1.53. The number of rotatable bonds is 5. The molecule has 1 aromatic heterocycles. The standard InChI is InChI=1S/C17H20N2O3/c1-21-15-4-5-16-13(11-15)10-14(12-22-16)17(20)18-6-9-19-7-2-3-8-19/h2-5,7-8,11,14H,6,9-10,12H2,1H3,(H,18,20)/t14-/m1/s1. The van der Waals surface area contributed by atoms with E-state index in [1.54, 1.807) is 7.11 Å². The van der Waals surface area contributed by atoms with Crippen molar-refractivity contribution >= 4 is 5.91 Å². The fourth-order valence-electron chi connectivity index (χ4n) is 2.64. The molecule has 5 nitrogen and oxygen atoms in total. The number of nitrogens with one attached hydrogen (secondary N) is 1. The summed E-state index contributed by atoms with van der Waals surface area (Å²) in [5.41, 5.74) is 1.02. The minimum absolute atomic E-state index is 0.0422. The summed E-state index contributed by atoms with van der Waals surface area (Å²) in [6.07, 6.45) is 4.65. The van der Waals surface area contributed by atoms with Gasteiger partial charge in [0.15, 0.2) is 0 Å². The minimum atomic E-state index is -0.149. The first kappa shape index (κ1) is 14.5. The van der Waals surface area contributed by atoms with Crippen LogP contribution in [0.3, 0.4) is 0 Å². The fourth-order valence-corrected chi connectivity index (χ4v) is 2.64. The lowest BCUT2D eigenvalue weighted by Gasteiger charge is -2.25. The lowest BCUT2D eigenvalue weighted by molar-refractivity contribution is -0.126. The maximum absolute atomic E-state index is 12.3. The van der Waals surface area contributed by atoms with Crippen molar-refractivity contribution in [3.8, 4) is 11.5 Å². The molecule has 0 fully saturated rings. The Kier molecular flexibility index (Phi) is 4.32. The largest absolute Gasteiger partial charge is 0.497 e. The second kappa shape index (κ2) is 6.56. The molecule has 1 aliphatic rings. The van der Waals surface area contributed by atoms with Crippen LogP contribution in [-0.2, 0) is 17.8 Å². The van der Waals surface area contributed by atoms with Crippen LogP contribution in [0.15, 0.2) is 42.7 Å². The van der Waals surface area contributed by atoms with Crippen LogP contribution in [0.5, 0.6) is 11.5 Å². The van der Waals surface area contributed by atoms with Gasteiger partial charge < -0.3 is 19.4 Å². The molecule has 3 rings (SSSR count). The Labute approximate surface area is 129 Å². The SMILES string of the molecule is COc1ccc2c(c1)C[C@@H](C(=O)NCCn1cccc1)CO2. The van der Waals surface area contributed by atoms with E-state index in [4.69, 9.17) is 9.47 Å². The molecule has 1 N–H and O–H groups in total. The van der Waals surface area contributed by atoms with Crippen molar-refractivity contribution in [2.75, 3.05) is 20.3 Å². The Morgan fingerprint density at radius 2 is 2.23 bits per heavy atom. The van der Waals surface area contributed by atoms with Crippen LogP contribution in [0.1, 0.15) is 5.56 Å². The third-order valence-electron chi connectivity index (χ3n) is 3.88. The smallest absolute Gasteiger partial charge is 0.226 e. The van der Waals surface area contributed by atoms with Crippen LogP contribution in [0.25, 0.3) is 0 Å². The van der Waals surface area contributed by atoms with Gasteiger partial charge in [0.1, 0.15) is 18.1 Å². The summed E-state index contributed by atoms with van der Waals surface area (Å²) < 4.78 is 13.0. The topological polar surface area (TPSA) is 52.5 Å². The van der Waals surface area contributed by atoms with Gasteiger partial charge in [0.25, 0.3) is 0 Å². The molecule has 1 aliphatic heterocycles.